The second kappa shape index (κ2) is 9.40. The number of anilines is 2. The van der Waals surface area contributed by atoms with Crippen LogP contribution in [-0.2, 0) is 24.3 Å². The van der Waals surface area contributed by atoms with E-state index in [4.69, 9.17) is 4.74 Å². The molecule has 0 aliphatic carbocycles. The highest BCUT2D eigenvalue weighted by Gasteiger charge is 2.35. The molecule has 2 aromatic rings. The maximum atomic E-state index is 12.7. The Morgan fingerprint density at radius 2 is 1.84 bits per heavy atom. The van der Waals surface area contributed by atoms with Crippen molar-refractivity contribution in [3.63, 3.8) is 0 Å². The Balaban J connectivity index is 1.34. The molecule has 0 radical (unpaired) electrons. The molecule has 4 rings (SSSR count). The third-order valence-electron chi connectivity index (χ3n) is 5.80. The van der Waals surface area contributed by atoms with E-state index in [1.165, 1.54) is 12.1 Å². The number of nitrogens with zero attached hydrogens (tertiary/aromatic N) is 1. The predicted octanol–water partition coefficient (Wildman–Crippen LogP) is 2.44. The van der Waals surface area contributed by atoms with Crippen LogP contribution in [0.5, 0.6) is 0 Å². The maximum absolute atomic E-state index is 12.7. The van der Waals surface area contributed by atoms with Crippen molar-refractivity contribution in [1.29, 1.82) is 0 Å². The zero-order chi connectivity index (χ0) is 22.7. The molecule has 2 atom stereocenters. The highest BCUT2D eigenvalue weighted by molar-refractivity contribution is 7.89. The molecule has 2 heterocycles. The van der Waals surface area contributed by atoms with Crippen LogP contribution in [0.1, 0.15) is 24.8 Å². The number of hydrogen-bond acceptors (Lipinski definition) is 5. The lowest BCUT2D eigenvalue weighted by atomic mass is 10.1. The summed E-state index contributed by atoms with van der Waals surface area (Å²) in [6.45, 7) is 3.19. The Morgan fingerprint density at radius 1 is 1.12 bits per heavy atom. The highest BCUT2D eigenvalue weighted by Crippen LogP contribution is 2.26. The van der Waals surface area contributed by atoms with Crippen LogP contribution in [0, 0.1) is 12.8 Å². The fraction of sp³-hybridized carbons (Fsp3) is 0.391. The first kappa shape index (κ1) is 22.4. The van der Waals surface area contributed by atoms with Gasteiger partial charge in [-0.05, 0) is 56.2 Å². The number of hydrogen-bond donors (Lipinski definition) is 2. The summed E-state index contributed by atoms with van der Waals surface area (Å²) in [5.74, 6) is -0.826. The first-order chi connectivity index (χ1) is 15.3. The summed E-state index contributed by atoms with van der Waals surface area (Å²) in [7, 11) is -3.65. The molecule has 0 aromatic heterocycles. The Hall–Kier alpha value is -2.75. The lowest BCUT2D eigenvalue weighted by molar-refractivity contribution is -0.122. The SMILES string of the molecule is Cc1ccc(N2C[C@@H](C(=O)Nc3ccc(S(=O)(=O)NC[C@@H]4CCCO4)cc3)CC2=O)cc1. The second-order valence-corrected chi connectivity index (χ2v) is 10.0. The van der Waals surface area contributed by atoms with Gasteiger partial charge in [0.2, 0.25) is 21.8 Å². The first-order valence-electron chi connectivity index (χ1n) is 10.7. The van der Waals surface area contributed by atoms with Crippen LogP contribution in [0.2, 0.25) is 0 Å². The van der Waals surface area contributed by atoms with Crippen LogP contribution in [-0.4, -0.2) is 46.0 Å². The van der Waals surface area contributed by atoms with E-state index in [-0.39, 0.29) is 35.8 Å². The molecule has 9 heteroatoms. The molecule has 0 spiro atoms. The highest BCUT2D eigenvalue weighted by atomic mass is 32.2. The summed E-state index contributed by atoms with van der Waals surface area (Å²) in [5, 5.41) is 2.79. The van der Waals surface area contributed by atoms with Gasteiger partial charge in [0.25, 0.3) is 0 Å². The lowest BCUT2D eigenvalue weighted by Gasteiger charge is -2.17. The normalized spacial score (nSPS) is 21.2. The standard InChI is InChI=1S/C23H27N3O5S/c1-16-4-8-19(9-5-16)26-15-17(13-22(26)27)23(28)25-18-6-10-21(11-7-18)32(29,30)24-14-20-3-2-12-31-20/h4-11,17,20,24H,2-3,12-15H2,1H3,(H,25,28)/t17-,20-/m0/s1. The topological polar surface area (TPSA) is 105 Å². The number of sulfonamides is 1. The molecular weight excluding hydrogens is 430 g/mol. The van der Waals surface area contributed by atoms with E-state index in [2.05, 4.69) is 10.0 Å². The van der Waals surface area contributed by atoms with Crippen LogP contribution >= 0.6 is 0 Å². The van der Waals surface area contributed by atoms with Gasteiger partial charge in [-0.3, -0.25) is 9.59 Å². The first-order valence-corrected chi connectivity index (χ1v) is 12.2. The van der Waals surface area contributed by atoms with Crippen LogP contribution in [0.4, 0.5) is 11.4 Å². The molecule has 2 aliphatic heterocycles. The van der Waals surface area contributed by atoms with Crippen molar-refractivity contribution in [3.05, 3.63) is 54.1 Å². The number of carbonyl (C=O) groups excluding carboxylic acids is 2. The molecule has 2 aromatic carbocycles. The van der Waals surface area contributed by atoms with Gasteiger partial charge in [-0.25, -0.2) is 13.1 Å². The average Bonchev–Trinajstić information content (AvgIpc) is 3.43. The molecule has 0 saturated carbocycles. The van der Waals surface area contributed by atoms with Crippen molar-refractivity contribution in [2.45, 2.75) is 37.2 Å². The smallest absolute Gasteiger partial charge is 0.240 e. The Labute approximate surface area is 188 Å². The summed E-state index contributed by atoms with van der Waals surface area (Å²) >= 11 is 0. The Bertz CT molecular complexity index is 1080. The minimum absolute atomic E-state index is 0.0862. The lowest BCUT2D eigenvalue weighted by Crippen LogP contribution is -2.31. The molecule has 2 fully saturated rings. The minimum atomic E-state index is -3.65. The van der Waals surface area contributed by atoms with Gasteiger partial charge in [-0.15, -0.1) is 0 Å². The molecule has 32 heavy (non-hydrogen) atoms. The Kier molecular flexibility index (Phi) is 6.59. The minimum Gasteiger partial charge on any atom is -0.377 e. The van der Waals surface area contributed by atoms with Crippen LogP contribution in [0.15, 0.2) is 53.4 Å². The van der Waals surface area contributed by atoms with E-state index in [9.17, 15) is 18.0 Å². The van der Waals surface area contributed by atoms with E-state index >= 15 is 0 Å². The van der Waals surface area contributed by atoms with Gasteiger partial charge in [0.15, 0.2) is 0 Å². The van der Waals surface area contributed by atoms with Gasteiger partial charge >= 0.3 is 0 Å². The van der Waals surface area contributed by atoms with Gasteiger partial charge in [0, 0.05) is 37.5 Å². The zero-order valence-corrected chi connectivity index (χ0v) is 18.7. The summed E-state index contributed by atoms with van der Waals surface area (Å²) in [6, 6.07) is 13.6. The van der Waals surface area contributed by atoms with Crippen molar-refractivity contribution in [2.24, 2.45) is 5.92 Å². The third-order valence-corrected chi connectivity index (χ3v) is 7.24. The monoisotopic (exact) mass is 457 g/mol. The molecule has 2 N–H and O–H groups in total. The van der Waals surface area contributed by atoms with E-state index in [0.29, 0.717) is 18.8 Å². The van der Waals surface area contributed by atoms with Gasteiger partial charge in [-0.2, -0.15) is 0 Å². The van der Waals surface area contributed by atoms with E-state index in [1.54, 1.807) is 17.0 Å². The number of amides is 2. The van der Waals surface area contributed by atoms with Gasteiger partial charge in [-0.1, -0.05) is 17.7 Å². The number of nitrogens with one attached hydrogen (secondary N) is 2. The number of benzene rings is 2. The summed E-state index contributed by atoms with van der Waals surface area (Å²) in [5.41, 5.74) is 2.36. The third kappa shape index (κ3) is 5.17. The zero-order valence-electron chi connectivity index (χ0n) is 17.9. The second-order valence-electron chi connectivity index (χ2n) is 8.24. The van der Waals surface area contributed by atoms with Gasteiger partial charge in [0.05, 0.1) is 16.9 Å². The largest absolute Gasteiger partial charge is 0.377 e. The van der Waals surface area contributed by atoms with Crippen molar-refractivity contribution in [3.8, 4) is 0 Å². The van der Waals surface area contributed by atoms with E-state index in [1.807, 2.05) is 31.2 Å². The molecule has 8 nitrogen and oxygen atoms in total. The van der Waals surface area contributed by atoms with Crippen molar-refractivity contribution >= 4 is 33.2 Å². The van der Waals surface area contributed by atoms with E-state index < -0.39 is 15.9 Å². The molecule has 2 amide bonds. The molecule has 0 unspecified atom stereocenters. The van der Waals surface area contributed by atoms with Crippen LogP contribution < -0.4 is 14.9 Å². The summed E-state index contributed by atoms with van der Waals surface area (Å²) < 4.78 is 32.9. The molecule has 170 valence electrons. The van der Waals surface area contributed by atoms with E-state index in [0.717, 1.165) is 24.1 Å². The van der Waals surface area contributed by atoms with Crippen molar-refractivity contribution in [1.82, 2.24) is 4.72 Å². The molecular formula is C23H27N3O5S. The summed E-state index contributed by atoms with van der Waals surface area (Å²) in [4.78, 5) is 26.8. The maximum Gasteiger partial charge on any atom is 0.240 e. The molecule has 2 saturated heterocycles. The van der Waals surface area contributed by atoms with Crippen molar-refractivity contribution < 1.29 is 22.7 Å². The number of ether oxygens (including phenoxy) is 1. The average molecular weight is 458 g/mol. The number of aryl methyl sites for hydroxylation is 1. The van der Waals surface area contributed by atoms with Gasteiger partial charge in [0.1, 0.15) is 0 Å². The molecule has 2 aliphatic rings. The van der Waals surface area contributed by atoms with Crippen LogP contribution in [0.3, 0.4) is 0 Å². The van der Waals surface area contributed by atoms with Crippen LogP contribution in [0.25, 0.3) is 0 Å². The molecule has 0 bridgehead atoms. The van der Waals surface area contributed by atoms with Gasteiger partial charge < -0.3 is 15.0 Å². The number of carbonyl (C=O) groups is 2. The predicted molar refractivity (Wildman–Crippen MR) is 121 cm³/mol. The Morgan fingerprint density at radius 3 is 2.50 bits per heavy atom. The fourth-order valence-electron chi connectivity index (χ4n) is 3.91. The number of rotatable bonds is 7. The quantitative estimate of drug-likeness (QED) is 0.665. The van der Waals surface area contributed by atoms with Crippen molar-refractivity contribution in [2.75, 3.05) is 29.9 Å². The fourth-order valence-corrected chi connectivity index (χ4v) is 4.98. The summed E-state index contributed by atoms with van der Waals surface area (Å²) in [6.07, 6.45) is 1.84.